The van der Waals surface area contributed by atoms with Gasteiger partial charge in [0.1, 0.15) is 0 Å². The first-order valence-electron chi connectivity index (χ1n) is 10.7. The molecule has 8 nitrogen and oxygen atoms in total. The fourth-order valence-corrected chi connectivity index (χ4v) is 5.89. The molecule has 1 fully saturated rings. The molecule has 1 aromatic heterocycles. The minimum atomic E-state index is -3.54. The molecule has 3 aromatic rings. The SMILES string of the molecule is COC(=O)N1CCC(N(CC(O)Cn2c3ccccc3c3ccccc32)S(C)(=O)=O)CC1. The first-order chi connectivity index (χ1) is 15.3. The number of rotatable bonds is 6. The summed E-state index contributed by atoms with van der Waals surface area (Å²) in [4.78, 5) is 13.3. The van der Waals surface area contributed by atoms with Crippen molar-refractivity contribution in [3.8, 4) is 0 Å². The van der Waals surface area contributed by atoms with Crippen LogP contribution in [0.3, 0.4) is 0 Å². The van der Waals surface area contributed by atoms with Crippen LogP contribution in [0.4, 0.5) is 4.79 Å². The molecule has 32 heavy (non-hydrogen) atoms. The predicted octanol–water partition coefficient (Wildman–Crippen LogP) is 2.65. The number of likely N-dealkylation sites (tertiary alicyclic amines) is 1. The number of amides is 1. The normalized spacial score (nSPS) is 16.7. The van der Waals surface area contributed by atoms with Crippen LogP contribution in [0, 0.1) is 0 Å². The van der Waals surface area contributed by atoms with E-state index in [1.165, 1.54) is 17.7 Å². The Hall–Kier alpha value is -2.62. The lowest BCUT2D eigenvalue weighted by Crippen LogP contribution is -2.50. The highest BCUT2D eigenvalue weighted by Gasteiger charge is 2.33. The number of methoxy groups -OCH3 is 1. The summed E-state index contributed by atoms with van der Waals surface area (Å²) in [7, 11) is -2.20. The van der Waals surface area contributed by atoms with Crippen molar-refractivity contribution in [3.05, 3.63) is 48.5 Å². The lowest BCUT2D eigenvalue weighted by atomic mass is 10.1. The van der Waals surface area contributed by atoms with Crippen molar-refractivity contribution < 1.29 is 23.1 Å². The Kier molecular flexibility index (Phi) is 6.41. The van der Waals surface area contributed by atoms with Gasteiger partial charge in [0.05, 0.1) is 26.0 Å². The van der Waals surface area contributed by atoms with Gasteiger partial charge in [0.2, 0.25) is 10.0 Å². The lowest BCUT2D eigenvalue weighted by Gasteiger charge is -2.37. The minimum Gasteiger partial charge on any atom is -0.453 e. The second-order valence-corrected chi connectivity index (χ2v) is 10.3. The van der Waals surface area contributed by atoms with Gasteiger partial charge >= 0.3 is 6.09 Å². The molecule has 0 spiro atoms. The maximum atomic E-state index is 12.6. The van der Waals surface area contributed by atoms with Crippen LogP contribution in [-0.4, -0.2) is 78.5 Å². The van der Waals surface area contributed by atoms with E-state index < -0.39 is 22.2 Å². The Morgan fingerprint density at radius 1 is 1.09 bits per heavy atom. The summed E-state index contributed by atoms with van der Waals surface area (Å²) in [5.74, 6) is 0. The molecule has 2 aromatic carbocycles. The zero-order valence-electron chi connectivity index (χ0n) is 18.3. The van der Waals surface area contributed by atoms with E-state index in [4.69, 9.17) is 4.74 Å². The van der Waals surface area contributed by atoms with Gasteiger partial charge in [-0.05, 0) is 25.0 Å². The van der Waals surface area contributed by atoms with Gasteiger partial charge in [0.25, 0.3) is 0 Å². The van der Waals surface area contributed by atoms with Crippen LogP contribution in [0.1, 0.15) is 12.8 Å². The van der Waals surface area contributed by atoms with Crippen molar-refractivity contribution in [2.24, 2.45) is 0 Å². The average molecular weight is 460 g/mol. The number of aromatic nitrogens is 1. The molecule has 1 aliphatic rings. The molecule has 0 saturated carbocycles. The Morgan fingerprint density at radius 3 is 2.12 bits per heavy atom. The quantitative estimate of drug-likeness (QED) is 0.612. The van der Waals surface area contributed by atoms with Crippen LogP contribution in [0.2, 0.25) is 0 Å². The third-order valence-corrected chi connectivity index (χ3v) is 7.49. The Morgan fingerprint density at radius 2 is 1.62 bits per heavy atom. The third kappa shape index (κ3) is 4.46. The maximum Gasteiger partial charge on any atom is 0.409 e. The fourth-order valence-electron chi connectivity index (χ4n) is 4.70. The Bertz CT molecular complexity index is 1160. The standard InChI is InChI=1S/C23H29N3O5S/c1-31-23(28)24-13-11-17(12-14-24)26(32(2,29)30)16-18(27)15-25-21-9-5-3-7-19(21)20-8-4-6-10-22(20)25/h3-10,17-18,27H,11-16H2,1-2H3. The molecule has 1 N–H and O–H groups in total. The number of piperidine rings is 1. The number of para-hydroxylation sites is 2. The molecule has 1 atom stereocenters. The van der Waals surface area contributed by atoms with E-state index in [1.807, 2.05) is 36.4 Å². The zero-order chi connectivity index (χ0) is 22.9. The molecule has 4 rings (SSSR count). The summed E-state index contributed by atoms with van der Waals surface area (Å²) in [6, 6.07) is 15.8. The largest absolute Gasteiger partial charge is 0.453 e. The number of sulfonamides is 1. The Labute approximate surface area is 188 Å². The minimum absolute atomic E-state index is 0.00254. The number of nitrogens with zero attached hydrogens (tertiary/aromatic N) is 3. The van der Waals surface area contributed by atoms with Crippen molar-refractivity contribution in [2.75, 3.05) is 33.0 Å². The van der Waals surface area contributed by atoms with Crippen molar-refractivity contribution in [2.45, 2.75) is 31.5 Å². The first kappa shape index (κ1) is 22.6. The highest BCUT2D eigenvalue weighted by atomic mass is 32.2. The summed E-state index contributed by atoms with van der Waals surface area (Å²) in [6.45, 7) is 1.13. The molecule has 0 bridgehead atoms. The van der Waals surface area contributed by atoms with Gasteiger partial charge in [-0.2, -0.15) is 4.31 Å². The number of aliphatic hydroxyl groups is 1. The van der Waals surface area contributed by atoms with E-state index in [0.29, 0.717) is 25.9 Å². The van der Waals surface area contributed by atoms with Crippen molar-refractivity contribution >= 4 is 37.9 Å². The number of hydrogen-bond donors (Lipinski definition) is 1. The van der Waals surface area contributed by atoms with Gasteiger partial charge in [0.15, 0.2) is 0 Å². The molecule has 172 valence electrons. The summed E-state index contributed by atoms with van der Waals surface area (Å²) in [5, 5.41) is 13.2. The number of carbonyl (C=O) groups is 1. The van der Waals surface area contributed by atoms with E-state index in [-0.39, 0.29) is 19.1 Å². The first-order valence-corrected chi connectivity index (χ1v) is 12.6. The van der Waals surface area contributed by atoms with Crippen molar-refractivity contribution in [1.29, 1.82) is 0 Å². The molecule has 0 radical (unpaired) electrons. The average Bonchev–Trinajstić information content (AvgIpc) is 3.10. The molecule has 1 saturated heterocycles. The summed E-state index contributed by atoms with van der Waals surface area (Å²) < 4.78 is 33.3. The molecular formula is C23H29N3O5S. The lowest BCUT2D eigenvalue weighted by molar-refractivity contribution is 0.0832. The summed E-state index contributed by atoms with van der Waals surface area (Å²) >= 11 is 0. The smallest absolute Gasteiger partial charge is 0.409 e. The third-order valence-electron chi connectivity index (χ3n) is 6.19. The maximum absolute atomic E-state index is 12.6. The number of hydrogen-bond acceptors (Lipinski definition) is 5. The van der Waals surface area contributed by atoms with Crippen LogP contribution < -0.4 is 0 Å². The molecule has 1 amide bonds. The number of benzene rings is 2. The van der Waals surface area contributed by atoms with Gasteiger partial charge in [-0.3, -0.25) is 0 Å². The molecular weight excluding hydrogens is 430 g/mol. The van der Waals surface area contributed by atoms with E-state index in [1.54, 1.807) is 4.90 Å². The number of carbonyl (C=O) groups excluding carboxylic acids is 1. The van der Waals surface area contributed by atoms with E-state index >= 15 is 0 Å². The number of ether oxygens (including phenoxy) is 1. The van der Waals surface area contributed by atoms with Crippen molar-refractivity contribution in [1.82, 2.24) is 13.8 Å². The predicted molar refractivity (Wildman–Crippen MR) is 124 cm³/mol. The Balaban J connectivity index is 1.54. The van der Waals surface area contributed by atoms with Gasteiger partial charge in [-0.15, -0.1) is 0 Å². The van der Waals surface area contributed by atoms with Gasteiger partial charge < -0.3 is 19.3 Å². The van der Waals surface area contributed by atoms with Crippen molar-refractivity contribution in [3.63, 3.8) is 0 Å². The summed E-state index contributed by atoms with van der Waals surface area (Å²) in [5.41, 5.74) is 2.01. The van der Waals surface area contributed by atoms with E-state index in [0.717, 1.165) is 21.8 Å². The fraction of sp³-hybridized carbons (Fsp3) is 0.435. The number of fused-ring (bicyclic) bond motifs is 3. The summed E-state index contributed by atoms with van der Waals surface area (Å²) in [6.07, 6.45) is 0.893. The van der Waals surface area contributed by atoms with Crippen LogP contribution in [0.15, 0.2) is 48.5 Å². The number of aliphatic hydroxyl groups excluding tert-OH is 1. The van der Waals surface area contributed by atoms with Crippen LogP contribution in [-0.2, 0) is 21.3 Å². The zero-order valence-corrected chi connectivity index (χ0v) is 19.2. The second-order valence-electron chi connectivity index (χ2n) is 8.32. The molecule has 9 heteroatoms. The highest BCUT2D eigenvalue weighted by Crippen LogP contribution is 2.29. The van der Waals surface area contributed by atoms with Gasteiger partial charge in [-0.1, -0.05) is 36.4 Å². The highest BCUT2D eigenvalue weighted by molar-refractivity contribution is 7.88. The topological polar surface area (TPSA) is 92.1 Å². The van der Waals surface area contributed by atoms with E-state index in [2.05, 4.69) is 16.7 Å². The molecule has 1 unspecified atom stereocenters. The second kappa shape index (κ2) is 9.09. The van der Waals surface area contributed by atoms with E-state index in [9.17, 15) is 18.3 Å². The monoisotopic (exact) mass is 459 g/mol. The van der Waals surface area contributed by atoms with Crippen LogP contribution in [0.25, 0.3) is 21.8 Å². The van der Waals surface area contributed by atoms with Gasteiger partial charge in [0, 0.05) is 47.5 Å². The molecule has 2 heterocycles. The molecule has 0 aliphatic carbocycles. The van der Waals surface area contributed by atoms with Crippen LogP contribution >= 0.6 is 0 Å². The van der Waals surface area contributed by atoms with Gasteiger partial charge in [-0.25, -0.2) is 13.2 Å². The molecule has 1 aliphatic heterocycles. The van der Waals surface area contributed by atoms with Crippen LogP contribution in [0.5, 0.6) is 0 Å².